The molecule has 2 N–H and O–H groups in total. The molecular weight excluding hydrogens is 252 g/mol. The average molecular weight is 278 g/mol. The number of ether oxygens (including phenoxy) is 1. The van der Waals surface area contributed by atoms with Gasteiger partial charge in [0.15, 0.2) is 0 Å². The maximum absolute atomic E-state index is 9.89. The van der Waals surface area contributed by atoms with Gasteiger partial charge in [0.25, 0.3) is 0 Å². The summed E-state index contributed by atoms with van der Waals surface area (Å²) in [6.07, 6.45) is 2.20. The zero-order valence-corrected chi connectivity index (χ0v) is 12.5. The zero-order valence-electron chi connectivity index (χ0n) is 12.5. The third-order valence-electron chi connectivity index (χ3n) is 3.72. The maximum Gasteiger partial charge on any atom is 0.122 e. The number of nitrogens with one attached hydrogen (secondary N) is 1. The van der Waals surface area contributed by atoms with Crippen LogP contribution in [0, 0.1) is 6.92 Å². The van der Waals surface area contributed by atoms with Gasteiger partial charge in [-0.3, -0.25) is 0 Å². The number of rotatable bonds is 9. The second-order valence-corrected chi connectivity index (χ2v) is 5.65. The van der Waals surface area contributed by atoms with E-state index in [4.69, 9.17) is 4.74 Å². The van der Waals surface area contributed by atoms with E-state index in [1.165, 1.54) is 12.8 Å². The van der Waals surface area contributed by atoms with E-state index in [0.717, 1.165) is 30.4 Å². The predicted molar refractivity (Wildman–Crippen MR) is 81.2 cm³/mol. The average Bonchev–Trinajstić information content (AvgIpc) is 3.27. The summed E-state index contributed by atoms with van der Waals surface area (Å²) >= 11 is 0. The van der Waals surface area contributed by atoms with Gasteiger partial charge in [0.1, 0.15) is 18.5 Å². The Morgan fingerprint density at radius 1 is 1.40 bits per heavy atom. The van der Waals surface area contributed by atoms with E-state index < -0.39 is 6.10 Å². The van der Waals surface area contributed by atoms with Gasteiger partial charge < -0.3 is 20.1 Å². The van der Waals surface area contributed by atoms with Crippen LogP contribution in [-0.4, -0.2) is 55.4 Å². The number of aliphatic hydroxyl groups is 1. The standard InChI is InChI=1S/C16H26N2O2/c1-13-5-3-4-6-16(13)20-12-15(19)11-17-9-10-18(2)14-7-8-14/h3-6,14-15,17,19H,7-12H2,1-2H3. The van der Waals surface area contributed by atoms with Gasteiger partial charge >= 0.3 is 0 Å². The first-order chi connectivity index (χ1) is 9.66. The summed E-state index contributed by atoms with van der Waals surface area (Å²) in [4.78, 5) is 2.38. The van der Waals surface area contributed by atoms with Crippen LogP contribution in [0.25, 0.3) is 0 Å². The molecule has 1 fully saturated rings. The van der Waals surface area contributed by atoms with Crippen LogP contribution in [0.2, 0.25) is 0 Å². The molecule has 1 unspecified atom stereocenters. The van der Waals surface area contributed by atoms with E-state index in [1.54, 1.807) is 0 Å². The summed E-state index contributed by atoms with van der Waals surface area (Å²) in [5.41, 5.74) is 1.10. The highest BCUT2D eigenvalue weighted by atomic mass is 16.5. The molecule has 0 heterocycles. The molecule has 1 atom stereocenters. The number of aryl methyl sites for hydroxylation is 1. The van der Waals surface area contributed by atoms with Crippen molar-refractivity contribution in [3.63, 3.8) is 0 Å². The van der Waals surface area contributed by atoms with Crippen molar-refractivity contribution < 1.29 is 9.84 Å². The fourth-order valence-corrected chi connectivity index (χ4v) is 2.19. The number of hydrogen-bond donors (Lipinski definition) is 2. The van der Waals surface area contributed by atoms with Crippen LogP contribution in [0.5, 0.6) is 5.75 Å². The molecule has 1 saturated carbocycles. The molecule has 0 radical (unpaired) electrons. The van der Waals surface area contributed by atoms with Crippen molar-refractivity contribution in [2.45, 2.75) is 31.9 Å². The van der Waals surface area contributed by atoms with Crippen molar-refractivity contribution in [3.05, 3.63) is 29.8 Å². The van der Waals surface area contributed by atoms with Gasteiger partial charge in [-0.2, -0.15) is 0 Å². The number of hydrogen-bond acceptors (Lipinski definition) is 4. The summed E-state index contributed by atoms with van der Waals surface area (Å²) in [7, 11) is 2.16. The Kier molecular flexibility index (Phi) is 5.83. The highest BCUT2D eigenvalue weighted by molar-refractivity contribution is 5.31. The normalized spacial score (nSPS) is 16.4. The van der Waals surface area contributed by atoms with Crippen LogP contribution < -0.4 is 10.1 Å². The van der Waals surface area contributed by atoms with E-state index in [1.807, 2.05) is 31.2 Å². The summed E-state index contributed by atoms with van der Waals surface area (Å²) in [6, 6.07) is 8.66. The second kappa shape index (κ2) is 7.62. The summed E-state index contributed by atoms with van der Waals surface area (Å²) < 4.78 is 5.62. The molecular formula is C16H26N2O2. The Morgan fingerprint density at radius 2 is 2.15 bits per heavy atom. The monoisotopic (exact) mass is 278 g/mol. The van der Waals surface area contributed by atoms with Crippen molar-refractivity contribution >= 4 is 0 Å². The molecule has 1 aliphatic rings. The first kappa shape index (κ1) is 15.3. The van der Waals surface area contributed by atoms with Gasteiger partial charge in [0.05, 0.1) is 0 Å². The lowest BCUT2D eigenvalue weighted by Gasteiger charge is -2.17. The minimum absolute atomic E-state index is 0.330. The van der Waals surface area contributed by atoms with E-state index in [-0.39, 0.29) is 0 Å². The Hall–Kier alpha value is -1.10. The van der Waals surface area contributed by atoms with Crippen LogP contribution >= 0.6 is 0 Å². The predicted octanol–water partition coefficient (Wildman–Crippen LogP) is 1.42. The molecule has 0 spiro atoms. The molecule has 1 aromatic rings. The van der Waals surface area contributed by atoms with Gasteiger partial charge in [-0.25, -0.2) is 0 Å². The molecule has 112 valence electrons. The van der Waals surface area contributed by atoms with Crippen LogP contribution in [0.15, 0.2) is 24.3 Å². The third kappa shape index (κ3) is 5.12. The lowest BCUT2D eigenvalue weighted by atomic mass is 10.2. The molecule has 20 heavy (non-hydrogen) atoms. The second-order valence-electron chi connectivity index (χ2n) is 5.65. The van der Waals surface area contributed by atoms with Crippen molar-refractivity contribution in [2.24, 2.45) is 0 Å². The van der Waals surface area contributed by atoms with Crippen LogP contribution in [0.3, 0.4) is 0 Å². The molecule has 1 aromatic carbocycles. The number of likely N-dealkylation sites (N-methyl/N-ethyl adjacent to an activating group) is 1. The first-order valence-electron chi connectivity index (χ1n) is 7.44. The Labute approximate surface area is 121 Å². The zero-order chi connectivity index (χ0) is 14.4. The van der Waals surface area contributed by atoms with Crippen molar-refractivity contribution in [1.29, 1.82) is 0 Å². The van der Waals surface area contributed by atoms with Crippen molar-refractivity contribution in [3.8, 4) is 5.75 Å². The van der Waals surface area contributed by atoms with E-state index in [0.29, 0.717) is 13.2 Å². The smallest absolute Gasteiger partial charge is 0.122 e. The highest BCUT2D eigenvalue weighted by Gasteiger charge is 2.25. The topological polar surface area (TPSA) is 44.7 Å². The third-order valence-corrected chi connectivity index (χ3v) is 3.72. The first-order valence-corrected chi connectivity index (χ1v) is 7.44. The lowest BCUT2D eigenvalue weighted by Crippen LogP contribution is -2.36. The minimum atomic E-state index is -0.471. The largest absolute Gasteiger partial charge is 0.491 e. The number of aliphatic hydroxyl groups excluding tert-OH is 1. The molecule has 4 nitrogen and oxygen atoms in total. The molecule has 0 amide bonds. The maximum atomic E-state index is 9.89. The molecule has 0 saturated heterocycles. The molecule has 2 rings (SSSR count). The molecule has 0 aromatic heterocycles. The lowest BCUT2D eigenvalue weighted by molar-refractivity contribution is 0.105. The van der Waals surface area contributed by atoms with Gasteiger partial charge in [-0.05, 0) is 38.4 Å². The highest BCUT2D eigenvalue weighted by Crippen LogP contribution is 2.24. The van der Waals surface area contributed by atoms with Gasteiger partial charge in [-0.15, -0.1) is 0 Å². The molecule has 0 aliphatic heterocycles. The summed E-state index contributed by atoms with van der Waals surface area (Å²) in [5.74, 6) is 0.847. The fourth-order valence-electron chi connectivity index (χ4n) is 2.19. The van der Waals surface area contributed by atoms with E-state index in [2.05, 4.69) is 17.3 Å². The molecule has 1 aliphatic carbocycles. The minimum Gasteiger partial charge on any atom is -0.491 e. The number of nitrogens with zero attached hydrogens (tertiary/aromatic N) is 1. The Morgan fingerprint density at radius 3 is 2.85 bits per heavy atom. The number of benzene rings is 1. The molecule has 0 bridgehead atoms. The van der Waals surface area contributed by atoms with Gasteiger partial charge in [0, 0.05) is 25.7 Å². The van der Waals surface area contributed by atoms with Gasteiger partial charge in [-0.1, -0.05) is 18.2 Å². The van der Waals surface area contributed by atoms with Crippen molar-refractivity contribution in [2.75, 3.05) is 33.3 Å². The van der Waals surface area contributed by atoms with E-state index >= 15 is 0 Å². The van der Waals surface area contributed by atoms with E-state index in [9.17, 15) is 5.11 Å². The Bertz CT molecular complexity index is 407. The Balaban J connectivity index is 1.56. The number of para-hydroxylation sites is 1. The van der Waals surface area contributed by atoms with Crippen LogP contribution in [-0.2, 0) is 0 Å². The SMILES string of the molecule is Cc1ccccc1OCC(O)CNCCN(C)C1CC1. The quantitative estimate of drug-likeness (QED) is 0.671. The fraction of sp³-hybridized carbons (Fsp3) is 0.625. The summed E-state index contributed by atoms with van der Waals surface area (Å²) in [5, 5.41) is 13.2. The van der Waals surface area contributed by atoms with Gasteiger partial charge in [0.2, 0.25) is 0 Å². The summed E-state index contributed by atoms with van der Waals surface area (Å²) in [6.45, 7) is 4.86. The van der Waals surface area contributed by atoms with Crippen molar-refractivity contribution in [1.82, 2.24) is 10.2 Å². The van der Waals surface area contributed by atoms with Crippen LogP contribution in [0.4, 0.5) is 0 Å². The van der Waals surface area contributed by atoms with Crippen LogP contribution in [0.1, 0.15) is 18.4 Å². The molecule has 4 heteroatoms.